The number of carbonyl (C=O) groups is 1. The predicted molar refractivity (Wildman–Crippen MR) is 131 cm³/mol. The summed E-state index contributed by atoms with van der Waals surface area (Å²) in [6.45, 7) is 5.89. The zero-order valence-electron chi connectivity index (χ0n) is 18.5. The van der Waals surface area contributed by atoms with Crippen molar-refractivity contribution >= 4 is 34.3 Å². The largest absolute Gasteiger partial charge is 0.325 e. The Kier molecular flexibility index (Phi) is 7.60. The number of thioether (sulfide) groups is 1. The van der Waals surface area contributed by atoms with Gasteiger partial charge in [-0.05, 0) is 70.1 Å². The molecule has 1 aromatic heterocycles. The smallest absolute Gasteiger partial charge is 0.262 e. The van der Waals surface area contributed by atoms with Gasteiger partial charge in [-0.1, -0.05) is 48.0 Å². The van der Waals surface area contributed by atoms with E-state index < -0.39 is 0 Å². The molecule has 0 saturated carbocycles. The minimum Gasteiger partial charge on any atom is -0.325 e. The molecular weight excluding hydrogens is 420 g/mol. The third-order valence-electron chi connectivity index (χ3n) is 5.80. The van der Waals surface area contributed by atoms with Crippen LogP contribution in [0.2, 0.25) is 0 Å². The second-order valence-corrected chi connectivity index (χ2v) is 9.27. The Hall–Kier alpha value is -2.64. The minimum absolute atomic E-state index is 0.0318. The van der Waals surface area contributed by atoms with Gasteiger partial charge in [0.25, 0.3) is 5.56 Å². The number of anilines is 1. The fourth-order valence-electron chi connectivity index (χ4n) is 4.05. The van der Waals surface area contributed by atoms with Crippen molar-refractivity contribution in [1.82, 2.24) is 14.5 Å². The molecule has 6 nitrogen and oxygen atoms in total. The van der Waals surface area contributed by atoms with E-state index >= 15 is 0 Å². The monoisotopic (exact) mass is 450 g/mol. The number of likely N-dealkylation sites (tertiary alicyclic amines) is 1. The van der Waals surface area contributed by atoms with Crippen molar-refractivity contribution < 1.29 is 4.79 Å². The van der Waals surface area contributed by atoms with Gasteiger partial charge in [0.2, 0.25) is 5.91 Å². The standard InChI is InChI=1S/C25H30N4O2S/c1-19-10-12-20(13-11-19)26-23(30)18-32-25-27-22-9-4-3-8-21(22)24(31)29(25)17-7-16-28-14-5-2-6-15-28/h3-4,8-13H,2,5-7,14-18H2,1H3,(H,26,30). The summed E-state index contributed by atoms with van der Waals surface area (Å²) in [5, 5.41) is 4.14. The number of nitrogens with zero attached hydrogens (tertiary/aromatic N) is 3. The molecule has 2 heterocycles. The molecule has 4 rings (SSSR count). The Morgan fingerprint density at radius 2 is 1.78 bits per heavy atom. The summed E-state index contributed by atoms with van der Waals surface area (Å²) in [6.07, 6.45) is 4.72. The number of fused-ring (bicyclic) bond motifs is 1. The Bertz CT molecular complexity index is 1120. The maximum atomic E-state index is 13.2. The zero-order valence-corrected chi connectivity index (χ0v) is 19.4. The van der Waals surface area contributed by atoms with Crippen molar-refractivity contribution in [3.63, 3.8) is 0 Å². The van der Waals surface area contributed by atoms with Crippen LogP contribution < -0.4 is 10.9 Å². The van der Waals surface area contributed by atoms with E-state index in [9.17, 15) is 9.59 Å². The molecule has 0 spiro atoms. The number of nitrogens with one attached hydrogen (secondary N) is 1. The van der Waals surface area contributed by atoms with Gasteiger partial charge in [-0.3, -0.25) is 14.2 Å². The highest BCUT2D eigenvalue weighted by Gasteiger charge is 2.15. The molecule has 1 aliphatic rings. The SMILES string of the molecule is Cc1ccc(NC(=O)CSc2nc3ccccc3c(=O)n2CCCN2CCCCC2)cc1. The molecule has 0 aliphatic carbocycles. The lowest BCUT2D eigenvalue weighted by Gasteiger charge is -2.26. The molecule has 32 heavy (non-hydrogen) atoms. The van der Waals surface area contributed by atoms with Gasteiger partial charge in [0, 0.05) is 12.2 Å². The summed E-state index contributed by atoms with van der Waals surface area (Å²) in [4.78, 5) is 32.9. The molecule has 1 aliphatic heterocycles. The second-order valence-electron chi connectivity index (χ2n) is 8.33. The summed E-state index contributed by atoms with van der Waals surface area (Å²) >= 11 is 1.32. The quantitative estimate of drug-likeness (QED) is 0.409. The minimum atomic E-state index is -0.110. The van der Waals surface area contributed by atoms with Crippen LogP contribution in [0.5, 0.6) is 0 Å². The van der Waals surface area contributed by atoms with E-state index in [2.05, 4.69) is 10.2 Å². The topological polar surface area (TPSA) is 67.2 Å². The fraction of sp³-hybridized carbons (Fsp3) is 0.400. The van der Waals surface area contributed by atoms with Crippen LogP contribution in [0.25, 0.3) is 10.9 Å². The Morgan fingerprint density at radius 1 is 1.03 bits per heavy atom. The van der Waals surface area contributed by atoms with Crippen LogP contribution in [0.15, 0.2) is 58.5 Å². The maximum Gasteiger partial charge on any atom is 0.262 e. The maximum absolute atomic E-state index is 13.2. The number of para-hydroxylation sites is 1. The van der Waals surface area contributed by atoms with Gasteiger partial charge in [-0.25, -0.2) is 4.98 Å². The Morgan fingerprint density at radius 3 is 2.56 bits per heavy atom. The Balaban J connectivity index is 1.47. The number of aromatic nitrogens is 2. The molecule has 2 aromatic carbocycles. The van der Waals surface area contributed by atoms with Gasteiger partial charge in [0.1, 0.15) is 0 Å². The lowest BCUT2D eigenvalue weighted by Crippen LogP contribution is -2.32. The number of piperidine rings is 1. The van der Waals surface area contributed by atoms with Crippen molar-refractivity contribution in [2.24, 2.45) is 0 Å². The number of hydrogen-bond donors (Lipinski definition) is 1. The van der Waals surface area contributed by atoms with E-state index in [1.54, 1.807) is 4.57 Å². The third-order valence-corrected chi connectivity index (χ3v) is 6.78. The predicted octanol–water partition coefficient (Wildman–Crippen LogP) is 4.31. The van der Waals surface area contributed by atoms with Crippen LogP contribution in [0, 0.1) is 6.92 Å². The van der Waals surface area contributed by atoms with E-state index in [-0.39, 0.29) is 17.2 Å². The number of rotatable bonds is 8. The number of carbonyl (C=O) groups excluding carboxylic acids is 1. The molecular formula is C25H30N4O2S. The van der Waals surface area contributed by atoms with Gasteiger partial charge < -0.3 is 10.2 Å². The van der Waals surface area contributed by atoms with Crippen LogP contribution >= 0.6 is 11.8 Å². The van der Waals surface area contributed by atoms with Crippen LogP contribution in [-0.4, -0.2) is 45.7 Å². The lowest BCUT2D eigenvalue weighted by molar-refractivity contribution is -0.113. The first-order valence-corrected chi connectivity index (χ1v) is 12.3. The molecule has 0 bridgehead atoms. The van der Waals surface area contributed by atoms with Gasteiger partial charge >= 0.3 is 0 Å². The van der Waals surface area contributed by atoms with Gasteiger partial charge in [-0.2, -0.15) is 0 Å². The second kappa shape index (κ2) is 10.8. The molecule has 1 N–H and O–H groups in total. The van der Waals surface area contributed by atoms with Crippen molar-refractivity contribution in [2.45, 2.75) is 44.3 Å². The van der Waals surface area contributed by atoms with E-state index in [4.69, 9.17) is 4.98 Å². The number of aryl methyl sites for hydroxylation is 1. The summed E-state index contributed by atoms with van der Waals surface area (Å²) in [7, 11) is 0. The fourth-order valence-corrected chi connectivity index (χ4v) is 4.88. The average molecular weight is 451 g/mol. The molecule has 1 fully saturated rings. The van der Waals surface area contributed by atoms with E-state index in [1.165, 1.54) is 31.0 Å². The van der Waals surface area contributed by atoms with Crippen LogP contribution in [0.1, 0.15) is 31.2 Å². The number of benzene rings is 2. The zero-order chi connectivity index (χ0) is 22.3. The molecule has 0 atom stereocenters. The molecule has 168 valence electrons. The van der Waals surface area contributed by atoms with Gasteiger partial charge in [-0.15, -0.1) is 0 Å². The number of hydrogen-bond acceptors (Lipinski definition) is 5. The van der Waals surface area contributed by atoms with Crippen LogP contribution in [0.4, 0.5) is 5.69 Å². The average Bonchev–Trinajstić information content (AvgIpc) is 2.81. The normalized spacial score (nSPS) is 14.5. The molecule has 7 heteroatoms. The van der Waals surface area contributed by atoms with Crippen LogP contribution in [-0.2, 0) is 11.3 Å². The summed E-state index contributed by atoms with van der Waals surface area (Å²) < 4.78 is 1.75. The third kappa shape index (κ3) is 5.78. The highest BCUT2D eigenvalue weighted by atomic mass is 32.2. The first-order chi connectivity index (χ1) is 15.6. The summed E-state index contributed by atoms with van der Waals surface area (Å²) in [6, 6.07) is 15.1. The van der Waals surface area contributed by atoms with Crippen LogP contribution in [0.3, 0.4) is 0 Å². The molecule has 3 aromatic rings. The summed E-state index contributed by atoms with van der Waals surface area (Å²) in [5.74, 6) is 0.0891. The summed E-state index contributed by atoms with van der Waals surface area (Å²) in [5.41, 5.74) is 2.56. The van der Waals surface area contributed by atoms with Crippen molar-refractivity contribution in [1.29, 1.82) is 0 Å². The number of amides is 1. The van der Waals surface area contributed by atoms with Gasteiger partial charge in [0.15, 0.2) is 5.16 Å². The highest BCUT2D eigenvalue weighted by molar-refractivity contribution is 7.99. The van der Waals surface area contributed by atoms with Crippen molar-refractivity contribution in [3.8, 4) is 0 Å². The Labute approximate surface area is 193 Å². The highest BCUT2D eigenvalue weighted by Crippen LogP contribution is 2.19. The van der Waals surface area contributed by atoms with Crippen molar-refractivity contribution in [2.75, 3.05) is 30.7 Å². The van der Waals surface area contributed by atoms with Crippen molar-refractivity contribution in [3.05, 3.63) is 64.4 Å². The first-order valence-electron chi connectivity index (χ1n) is 11.3. The van der Waals surface area contributed by atoms with E-state index in [1.807, 2.05) is 55.5 Å². The molecule has 0 unspecified atom stereocenters. The van der Waals surface area contributed by atoms with E-state index in [0.29, 0.717) is 22.6 Å². The van der Waals surface area contributed by atoms with E-state index in [0.717, 1.165) is 37.3 Å². The first kappa shape index (κ1) is 22.6. The molecule has 1 amide bonds. The molecule has 0 radical (unpaired) electrons. The lowest BCUT2D eigenvalue weighted by atomic mass is 10.1. The molecule has 1 saturated heterocycles. The van der Waals surface area contributed by atoms with Gasteiger partial charge in [0.05, 0.1) is 16.7 Å².